The predicted octanol–water partition coefficient (Wildman–Crippen LogP) is 4.66. The summed E-state index contributed by atoms with van der Waals surface area (Å²) < 4.78 is 89.7. The number of aryl methyl sites for hydroxylation is 1. The number of aromatic hydroxyl groups is 3. The largest absolute Gasteiger partial charge is 0.503 e. The highest BCUT2D eigenvalue weighted by Gasteiger charge is 2.51. The third-order valence-corrected chi connectivity index (χ3v) is 18.7. The summed E-state index contributed by atoms with van der Waals surface area (Å²) in [6.45, 7) is 1.64. The van der Waals surface area contributed by atoms with Gasteiger partial charge in [0.15, 0.2) is 53.0 Å². The summed E-state index contributed by atoms with van der Waals surface area (Å²) in [5.41, 5.74) is -3.36. The number of nitrogens with one attached hydrogen (secondary N) is 3. The number of pyridine rings is 3. The van der Waals surface area contributed by atoms with E-state index < -0.39 is 117 Å². The van der Waals surface area contributed by atoms with E-state index in [1.165, 1.54) is 50.5 Å². The van der Waals surface area contributed by atoms with Crippen molar-refractivity contribution in [2.75, 3.05) is 0 Å². The third-order valence-electron chi connectivity index (χ3n) is 18.7. The summed E-state index contributed by atoms with van der Waals surface area (Å²) in [5.74, 6) is -9.90. The molecule has 486 valence electrons. The average Bonchev–Trinajstić information content (AvgIpc) is 1.59. The fourth-order valence-electron chi connectivity index (χ4n) is 14.1. The molecule has 93 heavy (non-hydrogen) atoms. The monoisotopic (exact) mass is 1290 g/mol. The lowest BCUT2D eigenvalue weighted by molar-refractivity contribution is -0.132. The molecule has 0 spiro atoms. The van der Waals surface area contributed by atoms with E-state index in [0.717, 1.165) is 75.5 Å². The van der Waals surface area contributed by atoms with Gasteiger partial charge in [-0.25, -0.2) is 22.0 Å². The van der Waals surface area contributed by atoms with E-state index in [1.807, 2.05) is 0 Å². The summed E-state index contributed by atoms with van der Waals surface area (Å²) >= 11 is 0. The first-order chi connectivity index (χ1) is 44.5. The zero-order valence-electron chi connectivity index (χ0n) is 49.5. The zero-order valence-corrected chi connectivity index (χ0v) is 49.5. The molecule has 3 aromatic carbocycles. The van der Waals surface area contributed by atoms with Crippen LogP contribution < -0.4 is 32.2 Å². The molecule has 0 unspecified atom stereocenters. The van der Waals surface area contributed by atoms with Crippen molar-refractivity contribution in [3.63, 3.8) is 0 Å². The number of nitrogens with zero attached hydrogens (tertiary/aromatic N) is 6. The highest BCUT2D eigenvalue weighted by atomic mass is 19.1. The molecule has 6 aromatic rings. The first-order valence-electron chi connectivity index (χ1n) is 30.3. The normalized spacial score (nSPS) is 24.0. The maximum Gasteiger partial charge on any atom is 0.276 e. The Morgan fingerprint density at radius 1 is 0.452 bits per heavy atom. The zero-order chi connectivity index (χ0) is 65.6. The maximum absolute atomic E-state index is 14.0. The average molecular weight is 1290 g/mol. The number of aromatic nitrogens is 3. The van der Waals surface area contributed by atoms with Crippen molar-refractivity contribution >= 4 is 35.4 Å². The number of fused-ring (bicyclic) bond motifs is 15. The van der Waals surface area contributed by atoms with Crippen LogP contribution in [-0.4, -0.2) is 134 Å². The molecule has 0 radical (unpaired) electrons. The molecule has 24 nitrogen and oxygen atoms in total. The number of carbonyl (C=O) groups is 6. The van der Waals surface area contributed by atoms with Gasteiger partial charge in [-0.3, -0.25) is 43.2 Å². The Morgan fingerprint density at radius 3 is 1.05 bits per heavy atom. The summed E-state index contributed by atoms with van der Waals surface area (Å²) in [4.78, 5) is 120. The van der Waals surface area contributed by atoms with E-state index in [4.69, 9.17) is 14.2 Å². The van der Waals surface area contributed by atoms with E-state index in [1.54, 1.807) is 33.8 Å². The second-order valence-electron chi connectivity index (χ2n) is 24.5. The van der Waals surface area contributed by atoms with Gasteiger partial charge in [-0.1, -0.05) is 24.3 Å². The Bertz CT molecular complexity index is 3920. The fourth-order valence-corrected chi connectivity index (χ4v) is 14.1. The number of amides is 6. The van der Waals surface area contributed by atoms with Gasteiger partial charge in [0.25, 0.3) is 35.4 Å². The highest BCUT2D eigenvalue weighted by Crippen LogP contribution is 2.42. The Morgan fingerprint density at radius 2 is 0.753 bits per heavy atom. The Balaban J connectivity index is 0.000000127. The van der Waals surface area contributed by atoms with Gasteiger partial charge in [0, 0.05) is 85.2 Å². The van der Waals surface area contributed by atoms with Crippen LogP contribution in [0.25, 0.3) is 0 Å². The van der Waals surface area contributed by atoms with Crippen LogP contribution in [-0.2, 0) is 53.5 Å². The molecule has 3 aliphatic carbocycles. The molecule has 9 aliphatic rings. The summed E-state index contributed by atoms with van der Waals surface area (Å²) in [6.07, 6.45) is 9.59. The smallest absolute Gasteiger partial charge is 0.276 e. The van der Waals surface area contributed by atoms with Crippen molar-refractivity contribution in [2.45, 2.75) is 159 Å². The lowest BCUT2D eigenvalue weighted by Gasteiger charge is -2.44. The van der Waals surface area contributed by atoms with Crippen LogP contribution >= 0.6 is 0 Å². The van der Waals surface area contributed by atoms with Crippen LogP contribution in [0.5, 0.6) is 17.2 Å². The number of hydrogen-bond acceptors (Lipinski definition) is 15. The molecule has 3 aromatic heterocycles. The van der Waals surface area contributed by atoms with E-state index in [9.17, 15) is 80.4 Å². The number of halogens is 5. The van der Waals surface area contributed by atoms with Crippen LogP contribution in [0.3, 0.4) is 0 Å². The first kappa shape index (κ1) is 62.1. The number of rotatable bonds is 9. The Hall–Kier alpha value is -9.74. The molecular formula is C64H60F5N9O15. The maximum atomic E-state index is 14.0. The van der Waals surface area contributed by atoms with Gasteiger partial charge < -0.3 is 73.9 Å². The minimum atomic E-state index is -0.989. The molecule has 9 atom stereocenters. The molecule has 15 rings (SSSR count). The fraction of sp³-hybridized carbons (Fsp3) is 0.391. The van der Waals surface area contributed by atoms with Crippen LogP contribution in [0.4, 0.5) is 22.0 Å². The van der Waals surface area contributed by atoms with Crippen molar-refractivity contribution in [3.05, 3.63) is 189 Å². The van der Waals surface area contributed by atoms with Crippen LogP contribution in [0.1, 0.15) is 143 Å². The van der Waals surface area contributed by atoms with Gasteiger partial charge in [-0.15, -0.1) is 0 Å². The molecule has 6 aliphatic heterocycles. The molecule has 29 heteroatoms. The molecule has 6 amide bonds. The van der Waals surface area contributed by atoms with E-state index in [0.29, 0.717) is 12.1 Å². The third kappa shape index (κ3) is 11.4. The second kappa shape index (κ2) is 24.4. The molecule has 3 saturated heterocycles. The van der Waals surface area contributed by atoms with Crippen molar-refractivity contribution in [3.8, 4) is 17.2 Å². The quantitative estimate of drug-likeness (QED) is 0.107. The Labute approximate surface area is 523 Å². The second-order valence-corrected chi connectivity index (χ2v) is 24.5. The Kier molecular flexibility index (Phi) is 16.3. The van der Waals surface area contributed by atoms with E-state index in [-0.39, 0.29) is 126 Å². The van der Waals surface area contributed by atoms with E-state index >= 15 is 0 Å². The minimum Gasteiger partial charge on any atom is -0.503 e. The van der Waals surface area contributed by atoms with Gasteiger partial charge >= 0.3 is 0 Å². The molecule has 6 bridgehead atoms. The lowest BCUT2D eigenvalue weighted by atomic mass is 10.1. The number of benzene rings is 3. The topological polar surface area (TPSA) is 303 Å². The summed E-state index contributed by atoms with van der Waals surface area (Å²) in [6, 6.07) is 10.5. The summed E-state index contributed by atoms with van der Waals surface area (Å²) in [5, 5.41) is 38.7. The van der Waals surface area contributed by atoms with Gasteiger partial charge in [0.2, 0.25) is 16.3 Å². The van der Waals surface area contributed by atoms with Crippen LogP contribution in [0.2, 0.25) is 0 Å². The van der Waals surface area contributed by atoms with Gasteiger partial charge in [0.05, 0.1) is 37.9 Å². The highest BCUT2D eigenvalue weighted by molar-refractivity contribution is 6.01. The molecular weight excluding hydrogens is 1230 g/mol. The standard InChI is InChI=1S/C22H22FN3O5.2C21H19F2N3O5/c1-11-2-3-12(16(23)6-11)8-24-21(29)15-9-25-10-17-26(13-4-5-14(7-13)31-17)22(30)18(25)20(28)19(15)27;2*22-11-2-1-10(15(23)5-11)7-24-20(29)14-8-25-9-16-26(12-3-4-13(6-12)31-16)21(30)17(25)19(28)18(14)27/h2-3,6,9,13-14,17,28H,4-5,7-8,10H2,1H3,(H,24,29);2*1-2,5,8,12-13,16,28H,3-4,6-7,9H2,(H,24,29)/t13-,14+,17+;2*12-,13+,16+/m111/s1. The SMILES string of the molecule is Cc1ccc(CNC(=O)c2cn3c(c(O)c2=O)C(=O)N2[C@@H]4CC[C@@H](C4)O[C@H]2C3)c(F)c1.O=C(NCc1ccc(F)cc1F)c1cn2c(c(O)c1=O)C(=O)N1[C@@H]3CC[C@@H](C3)O[C@H]1C2.O=C(NCc1ccc(F)cc1F)c1cn2c(c(O)c1=O)C(=O)N1[C@@H]3CC[C@@H](C3)O[C@H]1C2. The predicted molar refractivity (Wildman–Crippen MR) is 312 cm³/mol. The van der Waals surface area contributed by atoms with Crippen molar-refractivity contribution in [1.82, 2.24) is 44.4 Å². The number of carbonyl (C=O) groups excluding carboxylic acids is 6. The minimum absolute atomic E-state index is 0.00748. The molecule has 9 heterocycles. The van der Waals surface area contributed by atoms with Crippen molar-refractivity contribution in [1.29, 1.82) is 0 Å². The van der Waals surface area contributed by atoms with Gasteiger partial charge in [-0.05, 0) is 88.5 Å². The van der Waals surface area contributed by atoms with Crippen molar-refractivity contribution < 1.29 is 80.2 Å². The molecule has 6 fully saturated rings. The van der Waals surface area contributed by atoms with Crippen molar-refractivity contribution in [2.24, 2.45) is 0 Å². The van der Waals surface area contributed by atoms with Crippen LogP contribution in [0.15, 0.2) is 87.6 Å². The molecule has 3 saturated carbocycles. The molecule has 6 N–H and O–H groups in total. The van der Waals surface area contributed by atoms with E-state index in [2.05, 4.69) is 16.0 Å². The summed E-state index contributed by atoms with van der Waals surface area (Å²) in [7, 11) is 0. The van der Waals surface area contributed by atoms with Crippen LogP contribution in [0, 0.1) is 36.0 Å². The number of hydrogen-bond donors (Lipinski definition) is 6. The number of ether oxygens (including phenoxy) is 3. The van der Waals surface area contributed by atoms with Gasteiger partial charge in [-0.2, -0.15) is 0 Å². The lowest BCUT2D eigenvalue weighted by Crippen LogP contribution is -2.57. The van der Waals surface area contributed by atoms with Gasteiger partial charge in [0.1, 0.15) is 45.8 Å². The first-order valence-corrected chi connectivity index (χ1v) is 30.3.